The van der Waals surface area contributed by atoms with E-state index in [1.54, 1.807) is 71.8 Å². The molecule has 3 aromatic rings. The highest BCUT2D eigenvalue weighted by Gasteiger charge is 2.63. The lowest BCUT2D eigenvalue weighted by atomic mass is 9.85. The maximum atomic E-state index is 14.0. The zero-order valence-corrected chi connectivity index (χ0v) is 21.4. The smallest absolute Gasteiger partial charge is 0.240 e. The maximum Gasteiger partial charge on any atom is 0.240 e. The lowest BCUT2D eigenvalue weighted by Gasteiger charge is -2.32. The molecule has 2 fully saturated rings. The molecule has 0 bridgehead atoms. The first-order valence-electron chi connectivity index (χ1n) is 12.1. The molecule has 3 aliphatic heterocycles. The summed E-state index contributed by atoms with van der Waals surface area (Å²) in [6, 6.07) is 19.1. The summed E-state index contributed by atoms with van der Waals surface area (Å²) in [6.07, 6.45) is 4.92. The minimum Gasteiger partial charge on any atom is -0.359 e. The van der Waals surface area contributed by atoms with Gasteiger partial charge < -0.3 is 4.90 Å². The second kappa shape index (κ2) is 9.29. The Bertz CT molecular complexity index is 1550. The van der Waals surface area contributed by atoms with Crippen molar-refractivity contribution in [2.45, 2.75) is 12.1 Å². The molecule has 0 aliphatic carbocycles. The molecule has 3 heterocycles. The van der Waals surface area contributed by atoms with Gasteiger partial charge in [0.1, 0.15) is 11.9 Å². The van der Waals surface area contributed by atoms with E-state index in [4.69, 9.17) is 0 Å². The van der Waals surface area contributed by atoms with E-state index in [9.17, 15) is 23.6 Å². The van der Waals surface area contributed by atoms with E-state index >= 15 is 0 Å². The van der Waals surface area contributed by atoms with E-state index in [0.29, 0.717) is 16.7 Å². The lowest BCUT2D eigenvalue weighted by molar-refractivity contribution is -0.123. The number of anilines is 1. The highest BCUT2D eigenvalue weighted by Crippen LogP contribution is 2.47. The normalized spacial score (nSPS) is 23.8. The summed E-state index contributed by atoms with van der Waals surface area (Å²) in [5, 5.41) is 0. The second-order valence-corrected chi connectivity index (χ2v) is 10.3. The van der Waals surface area contributed by atoms with Crippen LogP contribution in [-0.4, -0.2) is 40.4 Å². The first-order chi connectivity index (χ1) is 18.3. The molecule has 3 aromatic carbocycles. The number of ketones is 2. The molecule has 6 rings (SSSR count). The Morgan fingerprint density at radius 3 is 2.24 bits per heavy atom. The van der Waals surface area contributed by atoms with Crippen LogP contribution < -0.4 is 4.90 Å². The van der Waals surface area contributed by atoms with Gasteiger partial charge in [-0.25, -0.2) is 9.29 Å². The van der Waals surface area contributed by atoms with E-state index in [0.717, 1.165) is 15.4 Å². The van der Waals surface area contributed by atoms with E-state index in [1.165, 1.54) is 18.2 Å². The van der Waals surface area contributed by atoms with Gasteiger partial charge in [0.15, 0.2) is 11.6 Å². The Morgan fingerprint density at radius 2 is 1.53 bits per heavy atom. The van der Waals surface area contributed by atoms with Crippen LogP contribution in [0.1, 0.15) is 20.7 Å². The molecule has 0 saturated carbocycles. The summed E-state index contributed by atoms with van der Waals surface area (Å²) in [6.45, 7) is 0. The number of carbonyl (C=O) groups excluding carboxylic acids is 4. The van der Waals surface area contributed by atoms with Crippen molar-refractivity contribution in [1.29, 1.82) is 0 Å². The Labute approximate surface area is 226 Å². The number of hydrogen-bond donors (Lipinski definition) is 0. The monoisotopic (exact) mass is 570 g/mol. The van der Waals surface area contributed by atoms with E-state index in [1.807, 2.05) is 6.07 Å². The predicted octanol–water partition coefficient (Wildman–Crippen LogP) is 4.97. The van der Waals surface area contributed by atoms with Crippen LogP contribution in [0.25, 0.3) is 0 Å². The number of allylic oxidation sites excluding steroid dienone is 2. The van der Waals surface area contributed by atoms with Crippen LogP contribution in [-0.2, 0) is 9.59 Å². The van der Waals surface area contributed by atoms with Gasteiger partial charge in [0.05, 0.1) is 23.6 Å². The van der Waals surface area contributed by atoms with Gasteiger partial charge in [-0.05, 0) is 36.4 Å². The fourth-order valence-electron chi connectivity index (χ4n) is 5.61. The Morgan fingerprint density at radius 1 is 0.816 bits per heavy atom. The topological polar surface area (TPSA) is 74.8 Å². The van der Waals surface area contributed by atoms with Gasteiger partial charge in [-0.1, -0.05) is 70.5 Å². The molecule has 2 amide bonds. The maximum absolute atomic E-state index is 14.0. The highest BCUT2D eigenvalue weighted by atomic mass is 79.9. The van der Waals surface area contributed by atoms with E-state index in [2.05, 4.69) is 15.9 Å². The van der Waals surface area contributed by atoms with Crippen LogP contribution >= 0.6 is 15.9 Å². The molecule has 8 heteroatoms. The number of fused-ring (bicyclic) bond motifs is 3. The third kappa shape index (κ3) is 3.83. The van der Waals surface area contributed by atoms with E-state index < -0.39 is 41.6 Å². The number of carbonyl (C=O) groups is 4. The fraction of sp³-hybridized carbons (Fsp3) is 0.133. The van der Waals surface area contributed by atoms with Gasteiger partial charge in [0, 0.05) is 27.4 Å². The lowest BCUT2D eigenvalue weighted by Crippen LogP contribution is -2.46. The first kappa shape index (κ1) is 24.2. The zero-order valence-electron chi connectivity index (χ0n) is 19.8. The van der Waals surface area contributed by atoms with Gasteiger partial charge in [-0.2, -0.15) is 0 Å². The number of benzene rings is 3. The molecule has 6 nitrogen and oxygen atoms in total. The van der Waals surface area contributed by atoms with E-state index in [-0.39, 0.29) is 17.3 Å². The molecule has 0 spiro atoms. The zero-order chi connectivity index (χ0) is 26.6. The quantitative estimate of drug-likeness (QED) is 0.320. The Hall–Kier alpha value is -4.17. The first-order valence-corrected chi connectivity index (χ1v) is 12.8. The number of imide groups is 1. The van der Waals surface area contributed by atoms with Crippen LogP contribution in [0.5, 0.6) is 0 Å². The van der Waals surface area contributed by atoms with Crippen molar-refractivity contribution >= 4 is 45.0 Å². The number of rotatable bonds is 5. The Balaban J connectivity index is 1.44. The molecule has 0 unspecified atom stereocenters. The van der Waals surface area contributed by atoms with Gasteiger partial charge in [0.25, 0.3) is 0 Å². The molecule has 0 N–H and O–H groups in total. The van der Waals surface area contributed by atoms with Crippen molar-refractivity contribution < 1.29 is 23.6 Å². The standard InChI is InChI=1S/C30H20BrFN2O4/c31-20-11-9-18(10-12-20)28(36)26-25-24(29(37)34(30(25)38)22-8-4-7-21(32)16-22)23-15-19(13-14-33(23)26)27(35)17-5-2-1-3-6-17/h1-16,23-26H/t23-,24+,25-,26-/m1/s1. The number of halogens is 2. The van der Waals surface area contributed by atoms with Crippen molar-refractivity contribution in [2.24, 2.45) is 11.8 Å². The van der Waals surface area contributed by atoms with Crippen molar-refractivity contribution in [3.63, 3.8) is 0 Å². The van der Waals surface area contributed by atoms with Gasteiger partial charge in [-0.15, -0.1) is 0 Å². The van der Waals surface area contributed by atoms with Crippen molar-refractivity contribution in [2.75, 3.05) is 4.90 Å². The summed E-state index contributed by atoms with van der Waals surface area (Å²) in [5.74, 6) is -4.12. The molecule has 2 saturated heterocycles. The molecule has 38 heavy (non-hydrogen) atoms. The second-order valence-electron chi connectivity index (χ2n) is 9.43. The number of nitrogens with zero attached hydrogens (tertiary/aromatic N) is 2. The average Bonchev–Trinajstić information content (AvgIpc) is 3.40. The average molecular weight is 571 g/mol. The van der Waals surface area contributed by atoms with Gasteiger partial charge >= 0.3 is 0 Å². The number of amides is 2. The van der Waals surface area contributed by atoms with Crippen molar-refractivity contribution in [3.05, 3.63) is 124 Å². The van der Waals surface area contributed by atoms with Crippen LogP contribution in [0.4, 0.5) is 10.1 Å². The summed E-state index contributed by atoms with van der Waals surface area (Å²) in [4.78, 5) is 57.2. The van der Waals surface area contributed by atoms with Crippen LogP contribution in [0.15, 0.2) is 107 Å². The summed E-state index contributed by atoms with van der Waals surface area (Å²) in [7, 11) is 0. The van der Waals surface area contributed by atoms with Crippen LogP contribution in [0.2, 0.25) is 0 Å². The highest BCUT2D eigenvalue weighted by molar-refractivity contribution is 9.10. The summed E-state index contributed by atoms with van der Waals surface area (Å²) in [5.41, 5.74) is 1.37. The summed E-state index contributed by atoms with van der Waals surface area (Å²) >= 11 is 3.37. The molecular formula is C30H20BrFN2O4. The van der Waals surface area contributed by atoms with Gasteiger partial charge in [-0.3, -0.25) is 19.2 Å². The molecular weight excluding hydrogens is 551 g/mol. The molecule has 0 aromatic heterocycles. The van der Waals surface area contributed by atoms with Gasteiger partial charge in [0.2, 0.25) is 11.8 Å². The van der Waals surface area contributed by atoms with Crippen molar-refractivity contribution in [1.82, 2.24) is 4.90 Å². The minimum absolute atomic E-state index is 0.117. The Kier molecular flexibility index (Phi) is 5.91. The van der Waals surface area contributed by atoms with Crippen LogP contribution in [0, 0.1) is 17.7 Å². The molecule has 188 valence electrons. The summed E-state index contributed by atoms with van der Waals surface area (Å²) < 4.78 is 14.8. The molecule has 4 atom stereocenters. The fourth-order valence-corrected chi connectivity index (χ4v) is 5.87. The SMILES string of the molecule is O=C(C1=C[C@@H]2[C@@H]3C(=O)N(c4cccc(F)c4)C(=O)[C@H]3[C@H](C(=O)c3ccc(Br)cc3)N2C=C1)c1ccccc1. The number of Topliss-reactive ketones (excluding diaryl/α,β-unsaturated/α-hetero) is 2. The molecule has 0 radical (unpaired) electrons. The number of hydrogen-bond acceptors (Lipinski definition) is 5. The predicted molar refractivity (Wildman–Crippen MR) is 142 cm³/mol. The molecule has 3 aliphatic rings. The minimum atomic E-state index is -1.00. The van der Waals surface area contributed by atoms with Crippen molar-refractivity contribution in [3.8, 4) is 0 Å². The van der Waals surface area contributed by atoms with Crippen LogP contribution in [0.3, 0.4) is 0 Å². The third-order valence-electron chi connectivity index (χ3n) is 7.31. The largest absolute Gasteiger partial charge is 0.359 e. The third-order valence-corrected chi connectivity index (χ3v) is 7.84.